The summed E-state index contributed by atoms with van der Waals surface area (Å²) in [6.07, 6.45) is 2.49. The molecule has 0 aliphatic carbocycles. The number of aliphatic imine (C=N–C) groups is 1. The Balaban J connectivity index is 2.00. The minimum atomic E-state index is -0.489. The Morgan fingerprint density at radius 1 is 1.22 bits per heavy atom. The standard InChI is InChI=1S/C19H18N4O4/c1-2-18(21-16-8-10-17(11-9-16)23(25)26)22(14-20)12-13-27-19(24)15-6-4-3-5-7-15/h3-11H,2,12-13H2,1H3. The van der Waals surface area contributed by atoms with E-state index < -0.39 is 10.9 Å². The monoisotopic (exact) mass is 366 g/mol. The van der Waals surface area contributed by atoms with Gasteiger partial charge in [-0.1, -0.05) is 25.1 Å². The van der Waals surface area contributed by atoms with Crippen LogP contribution in [0.5, 0.6) is 0 Å². The fourth-order valence-electron chi connectivity index (χ4n) is 2.25. The Labute approximate surface area is 156 Å². The molecular formula is C19H18N4O4. The summed E-state index contributed by atoms with van der Waals surface area (Å²) < 4.78 is 5.19. The van der Waals surface area contributed by atoms with E-state index >= 15 is 0 Å². The fraction of sp³-hybridized carbons (Fsp3) is 0.211. The molecule has 0 heterocycles. The number of ether oxygens (including phenoxy) is 1. The molecule has 0 aromatic heterocycles. The number of nitriles is 1. The van der Waals surface area contributed by atoms with Crippen LogP contribution >= 0.6 is 0 Å². The normalized spacial score (nSPS) is 10.7. The smallest absolute Gasteiger partial charge is 0.338 e. The second-order valence-corrected chi connectivity index (χ2v) is 5.41. The molecule has 0 aliphatic heterocycles. The van der Waals surface area contributed by atoms with Crippen molar-refractivity contribution in [2.24, 2.45) is 4.99 Å². The lowest BCUT2D eigenvalue weighted by Gasteiger charge is -2.17. The first-order valence-corrected chi connectivity index (χ1v) is 8.26. The predicted molar refractivity (Wildman–Crippen MR) is 99.5 cm³/mol. The van der Waals surface area contributed by atoms with Crippen LogP contribution in [0.4, 0.5) is 11.4 Å². The molecule has 0 saturated carbocycles. The van der Waals surface area contributed by atoms with Gasteiger partial charge in [-0.25, -0.2) is 9.79 Å². The van der Waals surface area contributed by atoms with E-state index in [1.807, 2.05) is 13.1 Å². The van der Waals surface area contributed by atoms with Gasteiger partial charge in [-0.2, -0.15) is 5.26 Å². The van der Waals surface area contributed by atoms with E-state index in [0.717, 1.165) is 0 Å². The van der Waals surface area contributed by atoms with Gasteiger partial charge in [0.05, 0.1) is 22.7 Å². The van der Waals surface area contributed by atoms with Crippen molar-refractivity contribution < 1.29 is 14.5 Å². The summed E-state index contributed by atoms with van der Waals surface area (Å²) in [6, 6.07) is 14.3. The van der Waals surface area contributed by atoms with Gasteiger partial charge in [0.15, 0.2) is 6.19 Å². The SMILES string of the molecule is CCC(=Nc1ccc([N+](=O)[O-])cc1)N(C#N)CCOC(=O)c1ccccc1. The fourth-order valence-corrected chi connectivity index (χ4v) is 2.25. The lowest BCUT2D eigenvalue weighted by molar-refractivity contribution is -0.384. The van der Waals surface area contributed by atoms with Gasteiger partial charge in [-0.3, -0.25) is 15.0 Å². The van der Waals surface area contributed by atoms with Gasteiger partial charge < -0.3 is 4.74 Å². The molecule has 27 heavy (non-hydrogen) atoms. The Hall–Kier alpha value is -3.73. The number of carbonyl (C=O) groups excluding carboxylic acids is 1. The largest absolute Gasteiger partial charge is 0.460 e. The highest BCUT2D eigenvalue weighted by atomic mass is 16.6. The molecule has 2 rings (SSSR count). The summed E-state index contributed by atoms with van der Waals surface area (Å²) in [5.41, 5.74) is 0.909. The average molecular weight is 366 g/mol. The number of carbonyl (C=O) groups is 1. The van der Waals surface area contributed by atoms with Crippen LogP contribution in [0.3, 0.4) is 0 Å². The Kier molecular flexibility index (Phi) is 7.02. The summed E-state index contributed by atoms with van der Waals surface area (Å²) in [5, 5.41) is 20.1. The van der Waals surface area contributed by atoms with Crippen molar-refractivity contribution in [3.05, 3.63) is 70.3 Å². The van der Waals surface area contributed by atoms with Crippen molar-refractivity contribution in [3.63, 3.8) is 0 Å². The number of benzene rings is 2. The molecule has 8 heteroatoms. The maximum Gasteiger partial charge on any atom is 0.338 e. The van der Waals surface area contributed by atoms with E-state index in [2.05, 4.69) is 4.99 Å². The van der Waals surface area contributed by atoms with Crippen LogP contribution in [0.1, 0.15) is 23.7 Å². The number of non-ortho nitro benzene ring substituents is 1. The number of hydrogen-bond acceptors (Lipinski definition) is 6. The summed E-state index contributed by atoms with van der Waals surface area (Å²) in [4.78, 5) is 27.8. The quantitative estimate of drug-likeness (QED) is 0.141. The van der Waals surface area contributed by atoms with E-state index in [-0.39, 0.29) is 18.8 Å². The van der Waals surface area contributed by atoms with Gasteiger partial charge in [0.25, 0.3) is 5.69 Å². The number of nitro groups is 1. The van der Waals surface area contributed by atoms with E-state index in [1.54, 1.807) is 30.3 Å². The van der Waals surface area contributed by atoms with Crippen LogP contribution in [-0.4, -0.2) is 34.8 Å². The van der Waals surface area contributed by atoms with Gasteiger partial charge in [0, 0.05) is 18.6 Å². The minimum absolute atomic E-state index is 0.0283. The number of amidine groups is 1. The van der Waals surface area contributed by atoms with Gasteiger partial charge in [-0.15, -0.1) is 0 Å². The Morgan fingerprint density at radius 3 is 2.44 bits per heavy atom. The lowest BCUT2D eigenvalue weighted by atomic mass is 10.2. The second-order valence-electron chi connectivity index (χ2n) is 5.41. The van der Waals surface area contributed by atoms with Crippen LogP contribution < -0.4 is 0 Å². The summed E-state index contributed by atoms with van der Waals surface area (Å²) in [5.74, 6) is 0.0148. The molecule has 8 nitrogen and oxygen atoms in total. The summed E-state index contributed by atoms with van der Waals surface area (Å²) >= 11 is 0. The highest BCUT2D eigenvalue weighted by Crippen LogP contribution is 2.19. The molecule has 0 spiro atoms. The first kappa shape index (κ1) is 19.6. The zero-order chi connectivity index (χ0) is 19.6. The molecule has 2 aromatic rings. The maximum absolute atomic E-state index is 11.9. The van der Waals surface area contributed by atoms with Crippen LogP contribution in [0.15, 0.2) is 59.6 Å². The molecule has 0 atom stereocenters. The van der Waals surface area contributed by atoms with Crippen LogP contribution in [0, 0.1) is 21.6 Å². The van der Waals surface area contributed by atoms with E-state index in [1.165, 1.54) is 29.2 Å². The van der Waals surface area contributed by atoms with E-state index in [4.69, 9.17) is 4.74 Å². The van der Waals surface area contributed by atoms with Crippen molar-refractivity contribution in [1.82, 2.24) is 4.90 Å². The third-order valence-electron chi connectivity index (χ3n) is 3.62. The molecule has 0 fully saturated rings. The summed E-state index contributed by atoms with van der Waals surface area (Å²) in [7, 11) is 0. The van der Waals surface area contributed by atoms with Gasteiger partial charge in [0.2, 0.25) is 0 Å². The molecule has 0 bridgehead atoms. The predicted octanol–water partition coefficient (Wildman–Crippen LogP) is 3.67. The number of esters is 1. The second kappa shape index (κ2) is 9.68. The zero-order valence-corrected chi connectivity index (χ0v) is 14.7. The third-order valence-corrected chi connectivity index (χ3v) is 3.62. The van der Waals surface area contributed by atoms with Crippen LogP contribution in [0.25, 0.3) is 0 Å². The van der Waals surface area contributed by atoms with Crippen molar-refractivity contribution in [1.29, 1.82) is 5.26 Å². The molecular weight excluding hydrogens is 348 g/mol. The van der Waals surface area contributed by atoms with Gasteiger partial charge in [-0.05, 0) is 24.3 Å². The average Bonchev–Trinajstić information content (AvgIpc) is 2.70. The highest BCUT2D eigenvalue weighted by Gasteiger charge is 2.12. The van der Waals surface area contributed by atoms with Gasteiger partial charge >= 0.3 is 5.97 Å². The van der Waals surface area contributed by atoms with Gasteiger partial charge in [0.1, 0.15) is 12.4 Å². The first-order chi connectivity index (χ1) is 13.0. The Bertz CT molecular complexity index is 858. The van der Waals surface area contributed by atoms with Crippen molar-refractivity contribution >= 4 is 23.2 Å². The molecule has 138 valence electrons. The molecule has 0 radical (unpaired) electrons. The van der Waals surface area contributed by atoms with E-state index in [0.29, 0.717) is 23.5 Å². The van der Waals surface area contributed by atoms with Crippen molar-refractivity contribution in [2.75, 3.05) is 13.2 Å². The molecule has 0 saturated heterocycles. The topological polar surface area (TPSA) is 109 Å². The number of nitrogens with zero attached hydrogens (tertiary/aromatic N) is 4. The number of nitro benzene ring substituents is 1. The summed E-state index contributed by atoms with van der Waals surface area (Å²) in [6.45, 7) is 2.03. The lowest BCUT2D eigenvalue weighted by Crippen LogP contribution is -2.29. The molecule has 0 N–H and O–H groups in total. The number of hydrogen-bond donors (Lipinski definition) is 0. The first-order valence-electron chi connectivity index (χ1n) is 8.26. The molecule has 2 aromatic carbocycles. The third kappa shape index (κ3) is 5.64. The van der Waals surface area contributed by atoms with Crippen molar-refractivity contribution in [3.8, 4) is 6.19 Å². The van der Waals surface area contributed by atoms with Crippen LogP contribution in [0.2, 0.25) is 0 Å². The maximum atomic E-state index is 11.9. The van der Waals surface area contributed by atoms with Crippen molar-refractivity contribution in [2.45, 2.75) is 13.3 Å². The van der Waals surface area contributed by atoms with Crippen LogP contribution in [-0.2, 0) is 4.74 Å². The molecule has 0 aliphatic rings. The molecule has 0 amide bonds. The zero-order valence-electron chi connectivity index (χ0n) is 14.7. The Morgan fingerprint density at radius 2 is 1.89 bits per heavy atom. The minimum Gasteiger partial charge on any atom is -0.460 e. The molecule has 0 unspecified atom stereocenters. The van der Waals surface area contributed by atoms with E-state index in [9.17, 15) is 20.2 Å². The highest BCUT2D eigenvalue weighted by molar-refractivity contribution is 5.89. The number of rotatable bonds is 7.